The maximum atomic E-state index is 11.9. The van der Waals surface area contributed by atoms with Crippen LogP contribution in [0.1, 0.15) is 28.2 Å². The van der Waals surface area contributed by atoms with Crippen LogP contribution in [0.5, 0.6) is 0 Å². The third-order valence-corrected chi connectivity index (χ3v) is 5.45. The number of esters is 1. The SMILES string of the molecule is COC(=O)c1sc(NC(=O)CCCSc2ccc(Cl)cc2)nc1C. The summed E-state index contributed by atoms with van der Waals surface area (Å²) >= 11 is 8.64. The Morgan fingerprint density at radius 2 is 2.04 bits per heavy atom. The minimum Gasteiger partial charge on any atom is -0.465 e. The highest BCUT2D eigenvalue weighted by atomic mass is 35.5. The third-order valence-electron chi connectivity index (χ3n) is 3.04. The van der Waals surface area contributed by atoms with E-state index in [0.29, 0.717) is 27.1 Å². The molecule has 1 amide bonds. The maximum absolute atomic E-state index is 11.9. The Morgan fingerprint density at radius 3 is 2.71 bits per heavy atom. The van der Waals surface area contributed by atoms with Crippen molar-refractivity contribution < 1.29 is 14.3 Å². The molecule has 0 aliphatic heterocycles. The quantitative estimate of drug-likeness (QED) is 0.435. The number of carbonyl (C=O) groups is 2. The van der Waals surface area contributed by atoms with Crippen LogP contribution in [0.15, 0.2) is 29.2 Å². The van der Waals surface area contributed by atoms with E-state index >= 15 is 0 Å². The van der Waals surface area contributed by atoms with E-state index in [0.717, 1.165) is 28.4 Å². The molecule has 0 saturated carbocycles. The molecule has 0 bridgehead atoms. The summed E-state index contributed by atoms with van der Waals surface area (Å²) in [5, 5.41) is 3.85. The number of halogens is 1. The molecule has 1 aromatic carbocycles. The molecule has 0 fully saturated rings. The lowest BCUT2D eigenvalue weighted by atomic mass is 10.3. The summed E-state index contributed by atoms with van der Waals surface area (Å²) < 4.78 is 4.67. The van der Waals surface area contributed by atoms with Crippen LogP contribution in [-0.2, 0) is 9.53 Å². The van der Waals surface area contributed by atoms with E-state index < -0.39 is 5.97 Å². The van der Waals surface area contributed by atoms with Crippen LogP contribution in [-0.4, -0.2) is 29.7 Å². The van der Waals surface area contributed by atoms with Crippen LogP contribution >= 0.6 is 34.7 Å². The first-order valence-corrected chi connectivity index (χ1v) is 9.41. The lowest BCUT2D eigenvalue weighted by Gasteiger charge is -2.03. The molecule has 0 aliphatic carbocycles. The van der Waals surface area contributed by atoms with Crippen molar-refractivity contribution in [1.29, 1.82) is 0 Å². The number of ether oxygens (including phenoxy) is 1. The zero-order valence-corrected chi connectivity index (χ0v) is 15.7. The Balaban J connectivity index is 1.75. The first kappa shape index (κ1) is 18.8. The average Bonchev–Trinajstić information content (AvgIpc) is 2.92. The zero-order valence-electron chi connectivity index (χ0n) is 13.3. The molecule has 0 unspecified atom stereocenters. The number of thiazole rings is 1. The molecule has 128 valence electrons. The van der Waals surface area contributed by atoms with E-state index in [1.54, 1.807) is 18.7 Å². The fourth-order valence-corrected chi connectivity index (χ4v) is 3.75. The topological polar surface area (TPSA) is 68.3 Å². The second kappa shape index (κ2) is 9.05. The molecule has 1 heterocycles. The lowest BCUT2D eigenvalue weighted by Crippen LogP contribution is -2.11. The number of hydrogen-bond donors (Lipinski definition) is 1. The number of nitrogens with zero attached hydrogens (tertiary/aromatic N) is 1. The van der Waals surface area contributed by atoms with Crippen molar-refractivity contribution in [2.45, 2.75) is 24.7 Å². The van der Waals surface area contributed by atoms with Gasteiger partial charge in [0.2, 0.25) is 5.91 Å². The number of aryl methyl sites for hydroxylation is 1. The summed E-state index contributed by atoms with van der Waals surface area (Å²) in [7, 11) is 1.32. The van der Waals surface area contributed by atoms with Gasteiger partial charge in [-0.1, -0.05) is 22.9 Å². The number of carbonyl (C=O) groups excluding carboxylic acids is 2. The third kappa shape index (κ3) is 5.51. The molecule has 8 heteroatoms. The van der Waals surface area contributed by atoms with Crippen LogP contribution in [0, 0.1) is 6.92 Å². The molecule has 2 rings (SSSR count). The van der Waals surface area contributed by atoms with E-state index in [9.17, 15) is 9.59 Å². The van der Waals surface area contributed by atoms with E-state index in [1.165, 1.54) is 7.11 Å². The summed E-state index contributed by atoms with van der Waals surface area (Å²) in [6.45, 7) is 1.71. The molecule has 0 spiro atoms. The summed E-state index contributed by atoms with van der Waals surface area (Å²) in [6.07, 6.45) is 1.14. The van der Waals surface area contributed by atoms with Gasteiger partial charge in [0.1, 0.15) is 4.88 Å². The van der Waals surface area contributed by atoms with Crippen molar-refractivity contribution in [3.63, 3.8) is 0 Å². The van der Waals surface area contributed by atoms with Gasteiger partial charge in [-0.2, -0.15) is 0 Å². The summed E-state index contributed by atoms with van der Waals surface area (Å²) in [5.74, 6) is 0.279. The second-order valence-corrected chi connectivity index (χ2v) is 7.48. The van der Waals surface area contributed by atoms with Gasteiger partial charge in [0, 0.05) is 16.3 Å². The fraction of sp³-hybridized carbons (Fsp3) is 0.312. The molecule has 1 N–H and O–H groups in total. The molecular formula is C16H17ClN2O3S2. The molecule has 0 saturated heterocycles. The Morgan fingerprint density at radius 1 is 1.33 bits per heavy atom. The Bertz CT molecular complexity index is 717. The summed E-state index contributed by atoms with van der Waals surface area (Å²) in [6, 6.07) is 7.61. The number of methoxy groups -OCH3 is 1. The number of benzene rings is 1. The zero-order chi connectivity index (χ0) is 17.5. The maximum Gasteiger partial charge on any atom is 0.350 e. The van der Waals surface area contributed by atoms with Gasteiger partial charge >= 0.3 is 5.97 Å². The monoisotopic (exact) mass is 384 g/mol. The van der Waals surface area contributed by atoms with E-state index in [4.69, 9.17) is 11.6 Å². The van der Waals surface area contributed by atoms with Crippen molar-refractivity contribution in [1.82, 2.24) is 4.98 Å². The van der Waals surface area contributed by atoms with Crippen molar-refractivity contribution in [2.75, 3.05) is 18.2 Å². The number of thioether (sulfide) groups is 1. The van der Waals surface area contributed by atoms with Crippen LogP contribution in [0.2, 0.25) is 5.02 Å². The van der Waals surface area contributed by atoms with Gasteiger partial charge in [0.05, 0.1) is 12.8 Å². The number of anilines is 1. The highest BCUT2D eigenvalue weighted by Gasteiger charge is 2.16. The van der Waals surface area contributed by atoms with Crippen LogP contribution < -0.4 is 5.32 Å². The van der Waals surface area contributed by atoms with Gasteiger partial charge in [-0.3, -0.25) is 4.79 Å². The van der Waals surface area contributed by atoms with Gasteiger partial charge in [-0.15, -0.1) is 11.8 Å². The van der Waals surface area contributed by atoms with E-state index in [1.807, 2.05) is 24.3 Å². The normalized spacial score (nSPS) is 10.5. The lowest BCUT2D eigenvalue weighted by molar-refractivity contribution is -0.116. The second-order valence-electron chi connectivity index (χ2n) is 4.88. The van der Waals surface area contributed by atoms with Gasteiger partial charge in [-0.25, -0.2) is 9.78 Å². The molecule has 24 heavy (non-hydrogen) atoms. The molecule has 0 aliphatic rings. The largest absolute Gasteiger partial charge is 0.465 e. The Kier molecular flexibility index (Phi) is 7.08. The molecular weight excluding hydrogens is 368 g/mol. The number of hydrogen-bond acceptors (Lipinski definition) is 6. The predicted octanol–water partition coefficient (Wildman–Crippen LogP) is 4.40. The van der Waals surface area contributed by atoms with Crippen LogP contribution in [0.25, 0.3) is 0 Å². The van der Waals surface area contributed by atoms with Crippen molar-refractivity contribution in [3.8, 4) is 0 Å². The van der Waals surface area contributed by atoms with Gasteiger partial charge < -0.3 is 10.1 Å². The highest BCUT2D eigenvalue weighted by molar-refractivity contribution is 7.99. The molecule has 0 radical (unpaired) electrons. The molecule has 2 aromatic rings. The van der Waals surface area contributed by atoms with Crippen molar-refractivity contribution in [3.05, 3.63) is 39.9 Å². The highest BCUT2D eigenvalue weighted by Crippen LogP contribution is 2.24. The van der Waals surface area contributed by atoms with Gasteiger partial charge in [0.25, 0.3) is 0 Å². The number of nitrogens with one attached hydrogen (secondary N) is 1. The fourth-order valence-electron chi connectivity index (χ4n) is 1.87. The molecule has 0 atom stereocenters. The summed E-state index contributed by atoms with van der Waals surface area (Å²) in [5.41, 5.74) is 0.556. The standard InChI is InChI=1S/C16H17ClN2O3S2/c1-10-14(15(21)22-2)24-16(18-10)19-13(20)4-3-9-23-12-7-5-11(17)6-8-12/h5-8H,3-4,9H2,1-2H3,(H,18,19,20). The Hall–Kier alpha value is -1.57. The number of amides is 1. The number of aromatic nitrogens is 1. The predicted molar refractivity (Wildman–Crippen MR) is 98.2 cm³/mol. The van der Waals surface area contributed by atoms with Crippen LogP contribution in [0.3, 0.4) is 0 Å². The number of rotatable bonds is 7. The minimum absolute atomic E-state index is 0.114. The van der Waals surface area contributed by atoms with Gasteiger partial charge in [0.15, 0.2) is 5.13 Å². The molecule has 5 nitrogen and oxygen atoms in total. The van der Waals surface area contributed by atoms with Crippen molar-refractivity contribution in [2.24, 2.45) is 0 Å². The first-order valence-electron chi connectivity index (χ1n) is 7.23. The Labute approximate surface area is 153 Å². The average molecular weight is 385 g/mol. The van der Waals surface area contributed by atoms with Crippen LogP contribution in [0.4, 0.5) is 5.13 Å². The van der Waals surface area contributed by atoms with E-state index in [2.05, 4.69) is 15.0 Å². The minimum atomic E-state index is -0.440. The smallest absolute Gasteiger partial charge is 0.350 e. The van der Waals surface area contributed by atoms with Gasteiger partial charge in [-0.05, 0) is 43.4 Å². The van der Waals surface area contributed by atoms with Crippen molar-refractivity contribution >= 4 is 51.7 Å². The molecule has 1 aromatic heterocycles. The van der Waals surface area contributed by atoms with E-state index in [-0.39, 0.29) is 5.91 Å². The first-order chi connectivity index (χ1) is 11.5. The summed E-state index contributed by atoms with van der Waals surface area (Å²) in [4.78, 5) is 29.2.